The molecular formula is C25H24N4O2S2. The highest BCUT2D eigenvalue weighted by atomic mass is 32.2. The van der Waals surface area contributed by atoms with Crippen molar-refractivity contribution in [3.05, 3.63) is 78.0 Å². The second-order valence-corrected chi connectivity index (χ2v) is 9.26. The number of amides is 1. The number of benzene rings is 2. The number of nitrogens with zero attached hydrogens (tertiary/aromatic N) is 3. The number of hydrogen-bond acceptors (Lipinski definition) is 7. The highest BCUT2D eigenvalue weighted by molar-refractivity contribution is 7.99. The zero-order valence-electron chi connectivity index (χ0n) is 18.4. The molecule has 0 atom stereocenters. The van der Waals surface area contributed by atoms with Crippen LogP contribution >= 0.6 is 23.1 Å². The van der Waals surface area contributed by atoms with Crippen molar-refractivity contribution in [3.8, 4) is 26.9 Å². The van der Waals surface area contributed by atoms with E-state index in [1.54, 1.807) is 18.4 Å². The maximum Gasteiger partial charge on any atom is 0.230 e. The standard InChI is InChI=1S/C25H24N4O2S2/c1-17-24(33-25(27-17)19-10-6-7-11-21(19)31-2)20-12-13-23(29-28-20)32-16-22(30)26-15-14-18-8-4-3-5-9-18/h3-13H,14-16H2,1-2H3,(H,26,30). The Kier molecular flexibility index (Phi) is 7.70. The van der Waals surface area contributed by atoms with Crippen LogP contribution in [0.15, 0.2) is 71.8 Å². The predicted octanol–water partition coefficient (Wildman–Crippen LogP) is 5.04. The van der Waals surface area contributed by atoms with E-state index in [0.29, 0.717) is 17.3 Å². The van der Waals surface area contributed by atoms with Crippen molar-refractivity contribution in [1.82, 2.24) is 20.5 Å². The van der Waals surface area contributed by atoms with Crippen LogP contribution in [0, 0.1) is 6.92 Å². The summed E-state index contributed by atoms with van der Waals surface area (Å²) in [4.78, 5) is 17.8. The molecule has 0 fully saturated rings. The van der Waals surface area contributed by atoms with Crippen LogP contribution < -0.4 is 10.1 Å². The first-order valence-electron chi connectivity index (χ1n) is 10.5. The van der Waals surface area contributed by atoms with Gasteiger partial charge in [-0.2, -0.15) is 0 Å². The average molecular weight is 477 g/mol. The van der Waals surface area contributed by atoms with Crippen LogP contribution in [0.25, 0.3) is 21.1 Å². The van der Waals surface area contributed by atoms with Crippen molar-refractivity contribution >= 4 is 29.0 Å². The number of nitrogens with one attached hydrogen (secondary N) is 1. The van der Waals surface area contributed by atoms with Crippen molar-refractivity contribution in [1.29, 1.82) is 0 Å². The van der Waals surface area contributed by atoms with Gasteiger partial charge in [0.25, 0.3) is 0 Å². The summed E-state index contributed by atoms with van der Waals surface area (Å²) in [6.07, 6.45) is 0.816. The van der Waals surface area contributed by atoms with Gasteiger partial charge >= 0.3 is 0 Å². The Labute approximate surface area is 201 Å². The maximum atomic E-state index is 12.1. The lowest BCUT2D eigenvalue weighted by atomic mass is 10.1. The van der Waals surface area contributed by atoms with Gasteiger partial charge in [0.2, 0.25) is 5.91 Å². The van der Waals surface area contributed by atoms with Gasteiger partial charge in [-0.3, -0.25) is 4.79 Å². The zero-order valence-corrected chi connectivity index (χ0v) is 20.1. The third kappa shape index (κ3) is 5.97. The van der Waals surface area contributed by atoms with Gasteiger partial charge in [0.1, 0.15) is 21.5 Å². The first kappa shape index (κ1) is 22.9. The number of thioether (sulfide) groups is 1. The molecule has 0 unspecified atom stereocenters. The summed E-state index contributed by atoms with van der Waals surface area (Å²) < 4.78 is 5.47. The molecule has 2 heterocycles. The summed E-state index contributed by atoms with van der Waals surface area (Å²) in [6.45, 7) is 2.59. The van der Waals surface area contributed by atoms with Crippen LogP contribution in [0.1, 0.15) is 11.3 Å². The van der Waals surface area contributed by atoms with Gasteiger partial charge in [0, 0.05) is 6.54 Å². The lowest BCUT2D eigenvalue weighted by Crippen LogP contribution is -2.27. The molecule has 8 heteroatoms. The Bertz CT molecular complexity index is 1210. The number of rotatable bonds is 9. The Balaban J connectivity index is 1.34. The van der Waals surface area contributed by atoms with E-state index < -0.39 is 0 Å². The van der Waals surface area contributed by atoms with Gasteiger partial charge in [0.05, 0.1) is 29.0 Å². The monoisotopic (exact) mass is 476 g/mol. The number of aromatic nitrogens is 3. The third-order valence-corrected chi connectivity index (χ3v) is 7.07. The van der Waals surface area contributed by atoms with E-state index in [1.807, 2.05) is 61.5 Å². The molecule has 4 aromatic rings. The lowest BCUT2D eigenvalue weighted by Gasteiger charge is -2.05. The molecule has 0 aliphatic carbocycles. The largest absolute Gasteiger partial charge is 0.496 e. The van der Waals surface area contributed by atoms with Crippen molar-refractivity contribution < 1.29 is 9.53 Å². The maximum absolute atomic E-state index is 12.1. The molecular weight excluding hydrogens is 452 g/mol. The van der Waals surface area contributed by atoms with Crippen molar-refractivity contribution in [2.75, 3.05) is 19.4 Å². The predicted molar refractivity (Wildman–Crippen MR) is 134 cm³/mol. The first-order valence-corrected chi connectivity index (χ1v) is 12.3. The van der Waals surface area contributed by atoms with E-state index in [1.165, 1.54) is 17.3 Å². The SMILES string of the molecule is COc1ccccc1-c1nc(C)c(-c2ccc(SCC(=O)NCCc3ccccc3)nn2)s1. The number of para-hydroxylation sites is 1. The fourth-order valence-electron chi connectivity index (χ4n) is 3.27. The number of hydrogen-bond donors (Lipinski definition) is 1. The fourth-order valence-corrected chi connectivity index (χ4v) is 4.98. The lowest BCUT2D eigenvalue weighted by molar-refractivity contribution is -0.118. The van der Waals surface area contributed by atoms with Gasteiger partial charge < -0.3 is 10.1 Å². The molecule has 4 rings (SSSR count). The van der Waals surface area contributed by atoms with Gasteiger partial charge in [-0.25, -0.2) is 4.98 Å². The van der Waals surface area contributed by atoms with Crippen molar-refractivity contribution in [2.45, 2.75) is 18.4 Å². The third-order valence-electron chi connectivity index (χ3n) is 4.94. The summed E-state index contributed by atoms with van der Waals surface area (Å²) >= 11 is 2.94. The van der Waals surface area contributed by atoms with E-state index in [4.69, 9.17) is 9.72 Å². The van der Waals surface area contributed by atoms with Crippen LogP contribution in [0.3, 0.4) is 0 Å². The van der Waals surface area contributed by atoms with E-state index in [-0.39, 0.29) is 5.91 Å². The Morgan fingerprint density at radius 3 is 2.58 bits per heavy atom. The minimum atomic E-state index is -0.0124. The van der Waals surface area contributed by atoms with E-state index in [2.05, 4.69) is 27.6 Å². The van der Waals surface area contributed by atoms with Crippen LogP contribution in [0.4, 0.5) is 0 Å². The number of ether oxygens (including phenoxy) is 1. The molecule has 33 heavy (non-hydrogen) atoms. The van der Waals surface area contributed by atoms with Crippen molar-refractivity contribution in [2.24, 2.45) is 0 Å². The molecule has 0 bridgehead atoms. The van der Waals surface area contributed by atoms with E-state index >= 15 is 0 Å². The second kappa shape index (κ2) is 11.1. The fraction of sp³-hybridized carbons (Fsp3) is 0.200. The Hall–Kier alpha value is -3.23. The number of thiazole rings is 1. The molecule has 0 radical (unpaired) electrons. The number of carbonyl (C=O) groups excluding carboxylic acids is 1. The summed E-state index contributed by atoms with van der Waals surface area (Å²) in [5.41, 5.74) is 3.83. The second-order valence-electron chi connectivity index (χ2n) is 7.26. The summed E-state index contributed by atoms with van der Waals surface area (Å²) in [7, 11) is 1.66. The molecule has 0 saturated carbocycles. The quantitative estimate of drug-likeness (QED) is 0.341. The average Bonchev–Trinajstić information content (AvgIpc) is 3.25. The topological polar surface area (TPSA) is 77.0 Å². The number of methoxy groups -OCH3 is 1. The highest BCUT2D eigenvalue weighted by Crippen LogP contribution is 2.38. The van der Waals surface area contributed by atoms with Crippen molar-refractivity contribution in [3.63, 3.8) is 0 Å². The molecule has 2 aromatic carbocycles. The van der Waals surface area contributed by atoms with Gasteiger partial charge in [-0.15, -0.1) is 21.5 Å². The summed E-state index contributed by atoms with van der Waals surface area (Å²) in [6, 6.07) is 21.8. The normalized spacial score (nSPS) is 10.7. The number of carbonyl (C=O) groups is 1. The van der Waals surface area contributed by atoms with E-state index in [9.17, 15) is 4.79 Å². The van der Waals surface area contributed by atoms with Crippen LogP contribution in [-0.4, -0.2) is 40.5 Å². The van der Waals surface area contributed by atoms with Gasteiger partial charge in [0.15, 0.2) is 0 Å². The molecule has 1 amide bonds. The number of aryl methyl sites for hydroxylation is 1. The molecule has 0 saturated heterocycles. The molecule has 0 spiro atoms. The van der Waals surface area contributed by atoms with Gasteiger partial charge in [-0.1, -0.05) is 54.2 Å². The first-order chi connectivity index (χ1) is 16.1. The van der Waals surface area contributed by atoms with Crippen LogP contribution in [0.5, 0.6) is 5.75 Å². The smallest absolute Gasteiger partial charge is 0.230 e. The van der Waals surface area contributed by atoms with Crippen LogP contribution in [0.2, 0.25) is 0 Å². The molecule has 168 valence electrons. The molecule has 6 nitrogen and oxygen atoms in total. The zero-order chi connectivity index (χ0) is 23.0. The minimum absolute atomic E-state index is 0.0124. The summed E-state index contributed by atoms with van der Waals surface area (Å²) in [5.74, 6) is 1.08. The minimum Gasteiger partial charge on any atom is -0.496 e. The Morgan fingerprint density at radius 2 is 1.82 bits per heavy atom. The molecule has 0 aliphatic rings. The molecule has 0 aliphatic heterocycles. The Morgan fingerprint density at radius 1 is 1.03 bits per heavy atom. The van der Waals surface area contributed by atoms with Crippen LogP contribution in [-0.2, 0) is 11.2 Å². The summed E-state index contributed by atoms with van der Waals surface area (Å²) in [5, 5.41) is 13.2. The molecule has 1 N–H and O–H groups in total. The highest BCUT2D eigenvalue weighted by Gasteiger charge is 2.15. The molecule has 2 aromatic heterocycles. The van der Waals surface area contributed by atoms with E-state index in [0.717, 1.165) is 39.0 Å². The van der Waals surface area contributed by atoms with Gasteiger partial charge in [-0.05, 0) is 43.2 Å².